The molecule has 5 rings (SSSR count). The van der Waals surface area contributed by atoms with Crippen molar-refractivity contribution in [2.24, 2.45) is 0 Å². The Bertz CT molecular complexity index is 1350. The van der Waals surface area contributed by atoms with E-state index in [9.17, 15) is 27.2 Å². The zero-order valence-electron chi connectivity index (χ0n) is 17.4. The molecule has 2 nitrogen and oxygen atoms in total. The SMILES string of the molecule is [O]N1c2ccccc2C(c2c(F)c(F)c(F)c(F)c2F)=CC1(c1ccccc1)c1ccccc1. The normalized spacial score (nSPS) is 14.5. The number of nitrogens with zero attached hydrogens (tertiary/aromatic N) is 1. The number of para-hydroxylation sites is 1. The molecule has 4 aromatic carbocycles. The van der Waals surface area contributed by atoms with Crippen molar-refractivity contribution in [1.82, 2.24) is 0 Å². The molecule has 0 saturated carbocycles. The van der Waals surface area contributed by atoms with Crippen molar-refractivity contribution in [3.8, 4) is 0 Å². The molecule has 0 aliphatic carbocycles. The standard InChI is InChI=1S/C27H15F5NO/c28-22-21(23(29)25(31)26(32)24(22)30)19-15-27(16-9-3-1-4-10-16,17-11-5-2-6-12-17)33(34)20-14-8-7-13-18(19)20/h1-15H. The first-order chi connectivity index (χ1) is 16.4. The second kappa shape index (κ2) is 8.11. The van der Waals surface area contributed by atoms with Crippen LogP contribution >= 0.6 is 0 Å². The van der Waals surface area contributed by atoms with E-state index in [1.807, 2.05) is 0 Å². The molecule has 0 amide bonds. The van der Waals surface area contributed by atoms with E-state index in [0.717, 1.165) is 0 Å². The van der Waals surface area contributed by atoms with Crippen molar-refractivity contribution >= 4 is 11.3 Å². The summed E-state index contributed by atoms with van der Waals surface area (Å²) in [5.41, 5.74) is -2.04. The van der Waals surface area contributed by atoms with Gasteiger partial charge < -0.3 is 0 Å². The Labute approximate surface area is 191 Å². The third-order valence-electron chi connectivity index (χ3n) is 5.99. The summed E-state index contributed by atoms with van der Waals surface area (Å²) in [6.45, 7) is 0. The Balaban J connectivity index is 1.94. The van der Waals surface area contributed by atoms with Crippen LogP contribution in [-0.4, -0.2) is 0 Å². The average Bonchev–Trinajstić information content (AvgIpc) is 2.89. The minimum absolute atomic E-state index is 0.0247. The molecule has 0 atom stereocenters. The quantitative estimate of drug-likeness (QED) is 0.183. The van der Waals surface area contributed by atoms with Gasteiger partial charge in [0.1, 0.15) is 5.54 Å². The molecule has 0 aromatic heterocycles. The van der Waals surface area contributed by atoms with E-state index in [4.69, 9.17) is 0 Å². The topological polar surface area (TPSA) is 23.1 Å². The maximum atomic E-state index is 15.0. The molecule has 1 aliphatic heterocycles. The second-order valence-corrected chi connectivity index (χ2v) is 7.81. The van der Waals surface area contributed by atoms with Gasteiger partial charge in [-0.25, -0.2) is 27.0 Å². The first kappa shape index (κ1) is 21.9. The van der Waals surface area contributed by atoms with E-state index in [1.165, 1.54) is 24.3 Å². The van der Waals surface area contributed by atoms with Crippen molar-refractivity contribution in [2.75, 3.05) is 5.06 Å². The smallest absolute Gasteiger partial charge is 0.200 e. The van der Waals surface area contributed by atoms with Crippen molar-refractivity contribution in [3.63, 3.8) is 0 Å². The minimum Gasteiger partial charge on any atom is -0.203 e. The number of hydrogen-bond acceptors (Lipinski definition) is 1. The van der Waals surface area contributed by atoms with E-state index < -0.39 is 40.2 Å². The maximum absolute atomic E-state index is 15.0. The van der Waals surface area contributed by atoms with Gasteiger partial charge in [0.05, 0.1) is 11.3 Å². The molecular formula is C27H15F5NO. The van der Waals surface area contributed by atoms with Crippen LogP contribution in [0.3, 0.4) is 0 Å². The summed E-state index contributed by atoms with van der Waals surface area (Å²) in [5, 5.41) is 14.6. The Morgan fingerprint density at radius 1 is 0.559 bits per heavy atom. The summed E-state index contributed by atoms with van der Waals surface area (Å²) < 4.78 is 72.1. The first-order valence-corrected chi connectivity index (χ1v) is 10.3. The Kier molecular flexibility index (Phi) is 5.21. The Morgan fingerprint density at radius 3 is 1.53 bits per heavy atom. The number of rotatable bonds is 3. The molecule has 1 heterocycles. The molecule has 0 spiro atoms. The number of fused-ring (bicyclic) bond motifs is 1. The van der Waals surface area contributed by atoms with Gasteiger partial charge in [-0.2, -0.15) is 0 Å². The molecule has 169 valence electrons. The fourth-order valence-corrected chi connectivity index (χ4v) is 4.41. The van der Waals surface area contributed by atoms with Crippen LogP contribution in [0.4, 0.5) is 27.6 Å². The van der Waals surface area contributed by atoms with E-state index in [-0.39, 0.29) is 16.8 Å². The fourth-order valence-electron chi connectivity index (χ4n) is 4.41. The summed E-state index contributed by atoms with van der Waals surface area (Å²) in [4.78, 5) is 0. The number of hydrogen-bond donors (Lipinski definition) is 0. The Hall–Kier alpha value is -3.97. The van der Waals surface area contributed by atoms with Crippen molar-refractivity contribution in [2.45, 2.75) is 5.54 Å². The zero-order chi connectivity index (χ0) is 24.0. The van der Waals surface area contributed by atoms with E-state index in [2.05, 4.69) is 0 Å². The molecule has 1 aliphatic rings. The molecule has 7 heteroatoms. The van der Waals surface area contributed by atoms with Crippen molar-refractivity contribution in [3.05, 3.63) is 142 Å². The summed E-state index contributed by atoms with van der Waals surface area (Å²) in [6.07, 6.45) is 1.27. The maximum Gasteiger partial charge on any atom is 0.200 e. The van der Waals surface area contributed by atoms with Gasteiger partial charge >= 0.3 is 0 Å². The van der Waals surface area contributed by atoms with Crippen LogP contribution in [0.15, 0.2) is 91.0 Å². The third kappa shape index (κ3) is 3.04. The van der Waals surface area contributed by atoms with Gasteiger partial charge in [0.25, 0.3) is 0 Å². The van der Waals surface area contributed by atoms with Crippen LogP contribution in [0.25, 0.3) is 5.57 Å². The van der Waals surface area contributed by atoms with Gasteiger partial charge in [-0.3, -0.25) is 0 Å². The summed E-state index contributed by atoms with van der Waals surface area (Å²) >= 11 is 0. The zero-order valence-corrected chi connectivity index (χ0v) is 17.4. The summed E-state index contributed by atoms with van der Waals surface area (Å²) in [5.74, 6) is -10.3. The van der Waals surface area contributed by atoms with Gasteiger partial charge in [0.2, 0.25) is 5.82 Å². The highest BCUT2D eigenvalue weighted by Crippen LogP contribution is 2.49. The molecule has 0 bridgehead atoms. The van der Waals surface area contributed by atoms with Crippen LogP contribution in [0.1, 0.15) is 22.3 Å². The summed E-state index contributed by atoms with van der Waals surface area (Å²) in [6, 6.07) is 22.9. The van der Waals surface area contributed by atoms with Gasteiger partial charge in [-0.1, -0.05) is 84.1 Å². The molecule has 4 aromatic rings. The number of halogens is 5. The number of hydroxylamine groups is 1. The molecule has 0 saturated heterocycles. The van der Waals surface area contributed by atoms with Gasteiger partial charge in [0, 0.05) is 5.56 Å². The minimum atomic E-state index is -2.24. The first-order valence-electron chi connectivity index (χ1n) is 10.3. The summed E-state index contributed by atoms with van der Waals surface area (Å²) in [7, 11) is 0. The van der Waals surface area contributed by atoms with E-state index >= 15 is 0 Å². The second-order valence-electron chi connectivity index (χ2n) is 7.81. The largest absolute Gasteiger partial charge is 0.203 e. The van der Waals surface area contributed by atoms with Crippen LogP contribution in [0.2, 0.25) is 0 Å². The van der Waals surface area contributed by atoms with E-state index in [1.54, 1.807) is 66.7 Å². The van der Waals surface area contributed by atoms with Crippen LogP contribution in [0, 0.1) is 29.1 Å². The predicted octanol–water partition coefficient (Wildman–Crippen LogP) is 6.92. The van der Waals surface area contributed by atoms with Crippen molar-refractivity contribution < 1.29 is 27.2 Å². The predicted molar refractivity (Wildman–Crippen MR) is 117 cm³/mol. The van der Waals surface area contributed by atoms with Crippen LogP contribution in [-0.2, 0) is 10.7 Å². The lowest BCUT2D eigenvalue weighted by atomic mass is 9.75. The highest BCUT2D eigenvalue weighted by atomic mass is 19.2. The Morgan fingerprint density at radius 2 is 1.00 bits per heavy atom. The lowest BCUT2D eigenvalue weighted by Gasteiger charge is -2.43. The molecule has 1 radical (unpaired) electrons. The lowest BCUT2D eigenvalue weighted by molar-refractivity contribution is 0.112. The monoisotopic (exact) mass is 464 g/mol. The molecule has 0 N–H and O–H groups in total. The van der Waals surface area contributed by atoms with Gasteiger partial charge in [0.15, 0.2) is 23.3 Å². The fraction of sp³-hybridized carbons (Fsp3) is 0.0370. The third-order valence-corrected chi connectivity index (χ3v) is 5.99. The number of anilines is 1. The molecule has 0 unspecified atom stereocenters. The molecular weight excluding hydrogens is 449 g/mol. The van der Waals surface area contributed by atoms with Crippen LogP contribution in [0.5, 0.6) is 0 Å². The van der Waals surface area contributed by atoms with E-state index in [0.29, 0.717) is 16.2 Å². The molecule has 34 heavy (non-hydrogen) atoms. The lowest BCUT2D eigenvalue weighted by Crippen LogP contribution is -2.45. The van der Waals surface area contributed by atoms with Gasteiger partial charge in [-0.05, 0) is 28.8 Å². The number of benzene rings is 4. The molecule has 0 fully saturated rings. The van der Waals surface area contributed by atoms with Crippen molar-refractivity contribution in [1.29, 1.82) is 0 Å². The highest BCUT2D eigenvalue weighted by Gasteiger charge is 2.45. The highest BCUT2D eigenvalue weighted by molar-refractivity contribution is 5.91. The average molecular weight is 464 g/mol. The van der Waals surface area contributed by atoms with Gasteiger partial charge in [-0.15, -0.1) is 0 Å². The van der Waals surface area contributed by atoms with Crippen LogP contribution < -0.4 is 5.06 Å².